The topological polar surface area (TPSA) is 39.1 Å². The smallest absolute Gasteiger partial charge is 0.0738 e. The van der Waals surface area contributed by atoms with Gasteiger partial charge in [-0.15, -0.1) is 0 Å². The average molecular weight is 342 g/mol. The molecule has 1 N–H and O–H groups in total. The molecule has 112 valence electrons. The lowest BCUT2D eigenvalue weighted by Crippen LogP contribution is -2.38. The molecule has 20 heavy (non-hydrogen) atoms. The van der Waals surface area contributed by atoms with Gasteiger partial charge in [-0.05, 0) is 55.5 Å². The first-order valence-corrected chi connectivity index (χ1v) is 8.46. The maximum atomic E-state index is 5.72. The van der Waals surface area contributed by atoms with Crippen molar-refractivity contribution < 1.29 is 4.74 Å². The van der Waals surface area contributed by atoms with E-state index in [1.165, 1.54) is 23.0 Å². The van der Waals surface area contributed by atoms with Gasteiger partial charge in [0.15, 0.2) is 0 Å². The van der Waals surface area contributed by atoms with Gasteiger partial charge in [0, 0.05) is 31.2 Å². The molecule has 3 rings (SSSR count). The maximum Gasteiger partial charge on any atom is 0.0738 e. The molecule has 0 aromatic carbocycles. The number of halogens is 1. The minimum Gasteiger partial charge on any atom is -0.381 e. The minimum absolute atomic E-state index is 0.241. The fourth-order valence-electron chi connectivity index (χ4n) is 3.03. The Kier molecular flexibility index (Phi) is 4.20. The predicted molar refractivity (Wildman–Crippen MR) is 82.9 cm³/mol. The van der Waals surface area contributed by atoms with Gasteiger partial charge < -0.3 is 10.1 Å². The molecule has 1 aromatic rings. The number of rotatable bonds is 6. The van der Waals surface area contributed by atoms with Crippen molar-refractivity contribution in [3.05, 3.63) is 15.9 Å². The van der Waals surface area contributed by atoms with Crippen LogP contribution in [0.5, 0.6) is 0 Å². The van der Waals surface area contributed by atoms with Crippen LogP contribution in [0.4, 0.5) is 0 Å². The summed E-state index contributed by atoms with van der Waals surface area (Å²) < 4.78 is 9.03. The molecule has 5 heteroatoms. The SMILES string of the molecule is CCn1nc(C)c(Br)c1CC1(CNC2CC2)CCOC1. The van der Waals surface area contributed by atoms with Crippen molar-refractivity contribution in [1.82, 2.24) is 15.1 Å². The maximum absolute atomic E-state index is 5.72. The molecule has 0 amide bonds. The van der Waals surface area contributed by atoms with Crippen LogP contribution in [0, 0.1) is 12.3 Å². The fourth-order valence-corrected chi connectivity index (χ4v) is 3.46. The number of hydrogen-bond acceptors (Lipinski definition) is 3. The van der Waals surface area contributed by atoms with Gasteiger partial charge in [-0.25, -0.2) is 0 Å². The Bertz CT molecular complexity index is 476. The summed E-state index contributed by atoms with van der Waals surface area (Å²) in [4.78, 5) is 0. The van der Waals surface area contributed by atoms with E-state index in [0.717, 1.165) is 50.9 Å². The van der Waals surface area contributed by atoms with E-state index in [0.29, 0.717) is 0 Å². The lowest BCUT2D eigenvalue weighted by molar-refractivity contribution is 0.147. The third-order valence-corrected chi connectivity index (χ3v) is 5.55. The highest BCUT2D eigenvalue weighted by Crippen LogP contribution is 2.36. The summed E-state index contributed by atoms with van der Waals surface area (Å²) in [7, 11) is 0. The van der Waals surface area contributed by atoms with Crippen LogP contribution >= 0.6 is 15.9 Å². The first-order chi connectivity index (χ1) is 9.63. The number of nitrogens with one attached hydrogen (secondary N) is 1. The Morgan fingerprint density at radius 3 is 2.90 bits per heavy atom. The number of ether oxygens (including phenoxy) is 1. The van der Waals surface area contributed by atoms with Gasteiger partial charge in [0.05, 0.1) is 22.5 Å². The molecule has 0 radical (unpaired) electrons. The zero-order chi connectivity index (χ0) is 14.2. The van der Waals surface area contributed by atoms with Crippen molar-refractivity contribution in [3.63, 3.8) is 0 Å². The first-order valence-electron chi connectivity index (χ1n) is 7.66. The zero-order valence-electron chi connectivity index (χ0n) is 12.4. The van der Waals surface area contributed by atoms with Crippen molar-refractivity contribution >= 4 is 15.9 Å². The lowest BCUT2D eigenvalue weighted by atomic mass is 9.82. The summed E-state index contributed by atoms with van der Waals surface area (Å²) in [6.45, 7) is 7.98. The number of hydrogen-bond donors (Lipinski definition) is 1. The van der Waals surface area contributed by atoms with Gasteiger partial charge in [0.25, 0.3) is 0 Å². The molecule has 1 saturated heterocycles. The van der Waals surface area contributed by atoms with E-state index in [1.54, 1.807) is 0 Å². The van der Waals surface area contributed by atoms with Crippen molar-refractivity contribution in [2.45, 2.75) is 52.1 Å². The molecule has 2 fully saturated rings. The van der Waals surface area contributed by atoms with Crippen molar-refractivity contribution in [3.8, 4) is 0 Å². The van der Waals surface area contributed by atoms with E-state index in [2.05, 4.69) is 44.9 Å². The molecule has 4 nitrogen and oxygen atoms in total. The summed E-state index contributed by atoms with van der Waals surface area (Å²) in [6, 6.07) is 0.758. The zero-order valence-corrected chi connectivity index (χ0v) is 14.0. The summed E-state index contributed by atoms with van der Waals surface area (Å²) in [5.41, 5.74) is 2.66. The first kappa shape index (κ1) is 14.5. The van der Waals surface area contributed by atoms with Crippen LogP contribution in [0.15, 0.2) is 4.47 Å². The monoisotopic (exact) mass is 341 g/mol. The average Bonchev–Trinajstić information content (AvgIpc) is 3.11. The molecule has 1 unspecified atom stereocenters. The standard InChI is InChI=1S/C15H24BrN3O/c1-3-19-13(14(16)11(2)18-19)8-15(6-7-20-10-15)9-17-12-4-5-12/h12,17H,3-10H2,1-2H3. The van der Waals surface area contributed by atoms with Gasteiger partial charge in [-0.1, -0.05) is 0 Å². The predicted octanol–water partition coefficient (Wildman–Crippen LogP) is 2.68. The Hall–Kier alpha value is -0.390. The van der Waals surface area contributed by atoms with Crippen molar-refractivity contribution in [2.75, 3.05) is 19.8 Å². The third-order valence-electron chi connectivity index (χ3n) is 4.52. The van der Waals surface area contributed by atoms with E-state index >= 15 is 0 Å². The Morgan fingerprint density at radius 1 is 1.50 bits per heavy atom. The third kappa shape index (κ3) is 2.95. The van der Waals surface area contributed by atoms with E-state index < -0.39 is 0 Å². The fraction of sp³-hybridized carbons (Fsp3) is 0.800. The van der Waals surface area contributed by atoms with E-state index in [1.807, 2.05) is 0 Å². The summed E-state index contributed by atoms with van der Waals surface area (Å²) in [5, 5.41) is 8.32. The van der Waals surface area contributed by atoms with E-state index in [-0.39, 0.29) is 5.41 Å². The quantitative estimate of drug-likeness (QED) is 0.864. The van der Waals surface area contributed by atoms with Crippen LogP contribution in [0.3, 0.4) is 0 Å². The van der Waals surface area contributed by atoms with Crippen LogP contribution in [-0.4, -0.2) is 35.6 Å². The minimum atomic E-state index is 0.241. The molecule has 2 aliphatic rings. The van der Waals surface area contributed by atoms with Crippen LogP contribution < -0.4 is 5.32 Å². The molecule has 1 aliphatic heterocycles. The Labute approximate surface area is 129 Å². The molecule has 1 aliphatic carbocycles. The second-order valence-corrected chi connectivity index (χ2v) is 7.09. The highest BCUT2D eigenvalue weighted by molar-refractivity contribution is 9.10. The van der Waals surface area contributed by atoms with Gasteiger partial charge >= 0.3 is 0 Å². The van der Waals surface area contributed by atoms with E-state index in [9.17, 15) is 0 Å². The second kappa shape index (κ2) is 5.78. The molecular formula is C15H24BrN3O. The summed E-state index contributed by atoms with van der Waals surface area (Å²) in [6.07, 6.45) is 4.87. The van der Waals surface area contributed by atoms with E-state index in [4.69, 9.17) is 4.74 Å². The molecular weight excluding hydrogens is 318 g/mol. The highest BCUT2D eigenvalue weighted by atomic mass is 79.9. The van der Waals surface area contributed by atoms with Crippen molar-refractivity contribution in [2.24, 2.45) is 5.41 Å². The normalized spacial score (nSPS) is 26.4. The Morgan fingerprint density at radius 2 is 2.30 bits per heavy atom. The van der Waals surface area contributed by atoms with Crippen LogP contribution in [0.25, 0.3) is 0 Å². The van der Waals surface area contributed by atoms with Gasteiger partial charge in [0.1, 0.15) is 0 Å². The molecule has 0 spiro atoms. The van der Waals surface area contributed by atoms with Gasteiger partial charge in [-0.2, -0.15) is 5.10 Å². The second-order valence-electron chi connectivity index (χ2n) is 6.30. The molecule has 1 atom stereocenters. The van der Waals surface area contributed by atoms with Gasteiger partial charge in [-0.3, -0.25) is 4.68 Å². The van der Waals surface area contributed by atoms with Crippen LogP contribution in [0.2, 0.25) is 0 Å². The number of aryl methyl sites for hydroxylation is 2. The Balaban J connectivity index is 1.78. The number of aromatic nitrogens is 2. The van der Waals surface area contributed by atoms with Gasteiger partial charge in [0.2, 0.25) is 0 Å². The lowest BCUT2D eigenvalue weighted by Gasteiger charge is -2.28. The van der Waals surface area contributed by atoms with Crippen molar-refractivity contribution in [1.29, 1.82) is 0 Å². The molecule has 1 saturated carbocycles. The number of nitrogens with zero attached hydrogens (tertiary/aromatic N) is 2. The largest absolute Gasteiger partial charge is 0.381 e. The molecule has 2 heterocycles. The van der Waals surface area contributed by atoms with Crippen LogP contribution in [0.1, 0.15) is 37.6 Å². The highest BCUT2D eigenvalue weighted by Gasteiger charge is 2.38. The van der Waals surface area contributed by atoms with Crippen LogP contribution in [-0.2, 0) is 17.7 Å². The summed E-state index contributed by atoms with van der Waals surface area (Å²) in [5.74, 6) is 0. The molecule has 0 bridgehead atoms. The molecule has 1 aromatic heterocycles. The summed E-state index contributed by atoms with van der Waals surface area (Å²) >= 11 is 3.72.